The lowest BCUT2D eigenvalue weighted by Crippen LogP contribution is -2.25. The molecule has 140 valence electrons. The number of aromatic amines is 1. The van der Waals surface area contributed by atoms with Crippen molar-refractivity contribution in [3.8, 4) is 11.3 Å². The number of alkyl halides is 5. The zero-order valence-corrected chi connectivity index (χ0v) is 13.8. The first kappa shape index (κ1) is 18.5. The number of nitrogens with one attached hydrogen (secondary N) is 1. The molecule has 0 atom stereocenters. The molecule has 1 aliphatic rings. The van der Waals surface area contributed by atoms with Crippen LogP contribution in [0.1, 0.15) is 48.8 Å². The van der Waals surface area contributed by atoms with Crippen LogP contribution in [0.4, 0.5) is 22.0 Å². The maximum absolute atomic E-state index is 13.4. The summed E-state index contributed by atoms with van der Waals surface area (Å²) in [4.78, 5) is 21.7. The van der Waals surface area contributed by atoms with E-state index in [1.54, 1.807) is 6.92 Å². The lowest BCUT2D eigenvalue weighted by Gasteiger charge is -2.29. The molecule has 0 unspecified atom stereocenters. The fraction of sp³-hybridized carbons (Fsp3) is 0.471. The summed E-state index contributed by atoms with van der Waals surface area (Å²) in [6.45, 7) is 1.64. The van der Waals surface area contributed by atoms with Crippen molar-refractivity contribution >= 4 is 0 Å². The van der Waals surface area contributed by atoms with E-state index in [0.29, 0.717) is 5.69 Å². The zero-order chi connectivity index (χ0) is 19.1. The van der Waals surface area contributed by atoms with Crippen LogP contribution >= 0.6 is 0 Å². The predicted molar refractivity (Wildman–Crippen MR) is 84.0 cm³/mol. The first-order valence-electron chi connectivity index (χ1n) is 8.08. The molecule has 0 aliphatic heterocycles. The first-order chi connectivity index (χ1) is 12.0. The zero-order valence-electron chi connectivity index (χ0n) is 13.8. The van der Waals surface area contributed by atoms with Crippen molar-refractivity contribution < 1.29 is 22.0 Å². The third kappa shape index (κ3) is 3.91. The fourth-order valence-electron chi connectivity index (χ4n) is 3.19. The second-order valence-electron chi connectivity index (χ2n) is 6.53. The molecule has 1 aliphatic carbocycles. The number of nitrogens with zero attached hydrogens (tertiary/aromatic N) is 2. The van der Waals surface area contributed by atoms with Gasteiger partial charge < -0.3 is 4.98 Å². The van der Waals surface area contributed by atoms with Gasteiger partial charge in [0.1, 0.15) is 0 Å². The van der Waals surface area contributed by atoms with E-state index in [1.165, 1.54) is 12.1 Å². The van der Waals surface area contributed by atoms with Gasteiger partial charge in [-0.1, -0.05) is 0 Å². The minimum absolute atomic E-state index is 0.0182. The predicted octanol–water partition coefficient (Wildman–Crippen LogP) is 4.45. The van der Waals surface area contributed by atoms with Crippen molar-refractivity contribution in [2.24, 2.45) is 0 Å². The van der Waals surface area contributed by atoms with Gasteiger partial charge in [0, 0.05) is 48.3 Å². The molecule has 0 saturated heterocycles. The minimum atomic E-state index is -4.74. The molecule has 0 aromatic carbocycles. The van der Waals surface area contributed by atoms with Gasteiger partial charge in [0.05, 0.1) is 11.4 Å². The standard InChI is InChI=1S/C17H16F5N3O/c1-9-6-11(26)7-13(24-9)12-8-23-15(17(20,21)22)25-14(12)10-2-4-16(18,19)5-3-10/h6-8,10H,2-5H2,1H3,(H,24,26). The summed E-state index contributed by atoms with van der Waals surface area (Å²) < 4.78 is 65.9. The van der Waals surface area contributed by atoms with Gasteiger partial charge in [0.2, 0.25) is 11.7 Å². The number of aromatic nitrogens is 3. The molecule has 2 aromatic heterocycles. The third-order valence-corrected chi connectivity index (χ3v) is 4.44. The number of H-pyrrole nitrogens is 1. The van der Waals surface area contributed by atoms with E-state index in [9.17, 15) is 26.7 Å². The molecular weight excluding hydrogens is 357 g/mol. The van der Waals surface area contributed by atoms with Crippen molar-refractivity contribution in [3.05, 3.63) is 45.8 Å². The van der Waals surface area contributed by atoms with E-state index in [2.05, 4.69) is 15.0 Å². The second kappa shape index (κ2) is 6.44. The highest BCUT2D eigenvalue weighted by atomic mass is 19.4. The van der Waals surface area contributed by atoms with E-state index < -0.39 is 36.7 Å². The van der Waals surface area contributed by atoms with Crippen molar-refractivity contribution in [2.45, 2.75) is 50.6 Å². The lowest BCUT2D eigenvalue weighted by atomic mass is 9.83. The molecule has 0 amide bonds. The summed E-state index contributed by atoms with van der Waals surface area (Å²) in [6, 6.07) is 2.58. The number of hydrogen-bond acceptors (Lipinski definition) is 3. The summed E-state index contributed by atoms with van der Waals surface area (Å²) in [7, 11) is 0. The van der Waals surface area contributed by atoms with Crippen LogP contribution in [0.5, 0.6) is 0 Å². The number of pyridine rings is 1. The highest BCUT2D eigenvalue weighted by Crippen LogP contribution is 2.43. The van der Waals surface area contributed by atoms with Gasteiger partial charge in [0.25, 0.3) is 0 Å². The lowest BCUT2D eigenvalue weighted by molar-refractivity contribution is -0.145. The van der Waals surface area contributed by atoms with Crippen molar-refractivity contribution in [1.29, 1.82) is 0 Å². The minimum Gasteiger partial charge on any atom is -0.358 e. The summed E-state index contributed by atoms with van der Waals surface area (Å²) >= 11 is 0. The Labute approximate surface area is 145 Å². The molecule has 0 bridgehead atoms. The number of rotatable bonds is 2. The van der Waals surface area contributed by atoms with Crippen LogP contribution in [0.3, 0.4) is 0 Å². The maximum atomic E-state index is 13.4. The van der Waals surface area contributed by atoms with Gasteiger partial charge in [0.15, 0.2) is 5.43 Å². The number of halogens is 5. The highest BCUT2D eigenvalue weighted by Gasteiger charge is 2.39. The van der Waals surface area contributed by atoms with Gasteiger partial charge in [-0.05, 0) is 19.8 Å². The Morgan fingerprint density at radius 2 is 1.85 bits per heavy atom. The van der Waals surface area contributed by atoms with Crippen LogP contribution in [0.25, 0.3) is 11.3 Å². The van der Waals surface area contributed by atoms with Gasteiger partial charge in [-0.15, -0.1) is 0 Å². The number of hydrogen-bond donors (Lipinski definition) is 1. The molecule has 1 saturated carbocycles. The number of aryl methyl sites for hydroxylation is 1. The molecule has 1 fully saturated rings. The monoisotopic (exact) mass is 373 g/mol. The molecule has 26 heavy (non-hydrogen) atoms. The van der Waals surface area contributed by atoms with Crippen LogP contribution in [-0.4, -0.2) is 20.9 Å². The van der Waals surface area contributed by atoms with Crippen LogP contribution < -0.4 is 5.43 Å². The molecule has 9 heteroatoms. The normalized spacial score (nSPS) is 18.1. The Morgan fingerprint density at radius 1 is 1.19 bits per heavy atom. The van der Waals surface area contributed by atoms with Crippen LogP contribution in [0.2, 0.25) is 0 Å². The van der Waals surface area contributed by atoms with E-state index in [-0.39, 0.29) is 35.2 Å². The third-order valence-electron chi connectivity index (χ3n) is 4.44. The fourth-order valence-corrected chi connectivity index (χ4v) is 3.19. The van der Waals surface area contributed by atoms with Crippen LogP contribution in [0.15, 0.2) is 23.1 Å². The van der Waals surface area contributed by atoms with Gasteiger partial charge in [-0.25, -0.2) is 18.7 Å². The first-order valence-corrected chi connectivity index (χ1v) is 8.08. The molecule has 0 spiro atoms. The Kier molecular flexibility index (Phi) is 4.58. The summed E-state index contributed by atoms with van der Waals surface area (Å²) in [5.74, 6) is -4.69. The van der Waals surface area contributed by atoms with Crippen LogP contribution in [0, 0.1) is 6.92 Å². The van der Waals surface area contributed by atoms with Crippen molar-refractivity contribution in [1.82, 2.24) is 15.0 Å². The Morgan fingerprint density at radius 3 is 2.42 bits per heavy atom. The topological polar surface area (TPSA) is 58.6 Å². The van der Waals surface area contributed by atoms with E-state index >= 15 is 0 Å². The molecular formula is C17H16F5N3O. The quantitative estimate of drug-likeness (QED) is 0.791. The molecule has 3 rings (SSSR count). The Bertz CT molecular complexity index is 865. The molecule has 2 aromatic rings. The molecule has 1 N–H and O–H groups in total. The average Bonchev–Trinajstić information content (AvgIpc) is 2.52. The van der Waals surface area contributed by atoms with Gasteiger partial charge in [-0.3, -0.25) is 4.79 Å². The summed E-state index contributed by atoms with van der Waals surface area (Å²) in [5, 5.41) is 0. The van der Waals surface area contributed by atoms with Gasteiger partial charge in [-0.2, -0.15) is 13.2 Å². The summed E-state index contributed by atoms with van der Waals surface area (Å²) in [6.07, 6.45) is -4.52. The Balaban J connectivity index is 2.10. The molecule has 2 heterocycles. The average molecular weight is 373 g/mol. The van der Waals surface area contributed by atoms with Gasteiger partial charge >= 0.3 is 6.18 Å². The second-order valence-corrected chi connectivity index (χ2v) is 6.53. The van der Waals surface area contributed by atoms with E-state index in [0.717, 1.165) is 6.20 Å². The summed E-state index contributed by atoms with van der Waals surface area (Å²) in [5.41, 5.74) is 0.750. The highest BCUT2D eigenvalue weighted by molar-refractivity contribution is 5.62. The molecule has 4 nitrogen and oxygen atoms in total. The van der Waals surface area contributed by atoms with E-state index in [4.69, 9.17) is 0 Å². The van der Waals surface area contributed by atoms with E-state index in [1.807, 2.05) is 0 Å². The Hall–Kier alpha value is -2.32. The van der Waals surface area contributed by atoms with Crippen molar-refractivity contribution in [2.75, 3.05) is 0 Å². The maximum Gasteiger partial charge on any atom is 0.451 e. The van der Waals surface area contributed by atoms with Crippen molar-refractivity contribution in [3.63, 3.8) is 0 Å². The van der Waals surface area contributed by atoms with Crippen LogP contribution in [-0.2, 0) is 6.18 Å². The smallest absolute Gasteiger partial charge is 0.358 e. The molecule has 0 radical (unpaired) electrons. The SMILES string of the molecule is Cc1cc(=O)cc(-c2cnc(C(F)(F)F)nc2C2CCC(F)(F)CC2)[nH]1. The largest absolute Gasteiger partial charge is 0.451 e.